The van der Waals surface area contributed by atoms with E-state index in [9.17, 15) is 4.79 Å². The maximum atomic E-state index is 12.9. The van der Waals surface area contributed by atoms with Crippen molar-refractivity contribution >= 4 is 5.97 Å². The van der Waals surface area contributed by atoms with Gasteiger partial charge >= 0.3 is 5.97 Å². The van der Waals surface area contributed by atoms with Crippen molar-refractivity contribution in [2.45, 2.75) is 137 Å². The Balaban J connectivity index is 1.16. The summed E-state index contributed by atoms with van der Waals surface area (Å²) in [4.78, 5) is 12.9. The molecule has 3 nitrogen and oxygen atoms in total. The molecule has 0 radical (unpaired) electrons. The summed E-state index contributed by atoms with van der Waals surface area (Å²) >= 11 is 0. The van der Waals surface area contributed by atoms with E-state index in [0.29, 0.717) is 36.0 Å². The van der Waals surface area contributed by atoms with Gasteiger partial charge in [-0.1, -0.05) is 145 Å². The lowest BCUT2D eigenvalue weighted by Gasteiger charge is -2.73. The molecule has 10 atom stereocenters. The molecule has 0 amide bonds. The maximum Gasteiger partial charge on any atom is 0.306 e. The summed E-state index contributed by atoms with van der Waals surface area (Å²) in [5.41, 5.74) is 5.07. The number of fused-ring (bicyclic) bond motifs is 7. The molecule has 0 aliphatic heterocycles. The summed E-state index contributed by atoms with van der Waals surface area (Å²) in [6, 6.07) is 32.9. The molecule has 5 aliphatic carbocycles. The van der Waals surface area contributed by atoms with Gasteiger partial charge in [-0.3, -0.25) is 4.79 Å². The van der Waals surface area contributed by atoms with E-state index < -0.39 is 5.60 Å². The quantitative estimate of drug-likeness (QED) is 0.117. The van der Waals surface area contributed by atoms with Gasteiger partial charge in [-0.05, 0) is 151 Å². The zero-order valence-electron chi connectivity index (χ0n) is 35.7. The number of ether oxygens (including phenoxy) is 2. The highest BCUT2D eigenvalue weighted by atomic mass is 16.5. The Morgan fingerprint density at radius 1 is 0.714 bits per heavy atom. The first kappa shape index (κ1) is 39.6. The number of hydrogen-bond acceptors (Lipinski definition) is 3. The van der Waals surface area contributed by atoms with Crippen LogP contribution in [-0.4, -0.2) is 18.7 Å². The van der Waals surface area contributed by atoms with E-state index >= 15 is 0 Å². The number of rotatable bonds is 10. The molecule has 0 N–H and O–H groups in total. The van der Waals surface area contributed by atoms with Crippen LogP contribution in [0.5, 0.6) is 0 Å². The third kappa shape index (κ3) is 6.10. The molecule has 0 saturated heterocycles. The van der Waals surface area contributed by atoms with Crippen molar-refractivity contribution in [3.63, 3.8) is 0 Å². The second-order valence-electron chi connectivity index (χ2n) is 20.9. The SMILES string of the molecule is C=C(C)[C@@H]1CC[C@]2(COC(c3ccccc3)(c3ccccc3)c3ccccc3)CC[C@]3(C)C(CCC4[C@@]5(C)C[C@H](OC(=O)CCC)CC(C)(C)C5CC[C@]43C)C12. The van der Waals surface area contributed by atoms with E-state index in [4.69, 9.17) is 16.1 Å². The van der Waals surface area contributed by atoms with Crippen molar-refractivity contribution in [1.82, 2.24) is 0 Å². The van der Waals surface area contributed by atoms with E-state index in [1.807, 2.05) is 0 Å². The van der Waals surface area contributed by atoms with Crippen molar-refractivity contribution < 1.29 is 14.3 Å². The monoisotopic (exact) mass is 755 g/mol. The molecular weight excluding hydrogens is 685 g/mol. The fourth-order valence-corrected chi connectivity index (χ4v) is 15.3. The van der Waals surface area contributed by atoms with Crippen LogP contribution in [0.15, 0.2) is 103 Å². The first-order valence-electron chi connectivity index (χ1n) is 22.4. The molecule has 0 aromatic heterocycles. The summed E-state index contributed by atoms with van der Waals surface area (Å²) in [5, 5.41) is 0. The summed E-state index contributed by atoms with van der Waals surface area (Å²) in [6.07, 6.45) is 13.4. The molecule has 0 bridgehead atoms. The van der Waals surface area contributed by atoms with E-state index in [1.165, 1.54) is 73.6 Å². The van der Waals surface area contributed by atoms with E-state index in [0.717, 1.165) is 25.9 Å². The van der Waals surface area contributed by atoms with Crippen LogP contribution in [0.25, 0.3) is 0 Å². The minimum atomic E-state index is -0.716. The van der Waals surface area contributed by atoms with Crippen LogP contribution < -0.4 is 0 Å². The lowest BCUT2D eigenvalue weighted by molar-refractivity contribution is -0.251. The number of esters is 1. The van der Waals surface area contributed by atoms with Crippen molar-refractivity contribution in [2.75, 3.05) is 6.61 Å². The molecule has 56 heavy (non-hydrogen) atoms. The number of hydrogen-bond donors (Lipinski definition) is 0. The minimum absolute atomic E-state index is 0.00156. The van der Waals surface area contributed by atoms with Gasteiger partial charge in [0.15, 0.2) is 0 Å². The molecule has 0 heterocycles. The Morgan fingerprint density at radius 3 is 1.86 bits per heavy atom. The fourth-order valence-electron chi connectivity index (χ4n) is 15.3. The first-order chi connectivity index (χ1) is 26.7. The highest BCUT2D eigenvalue weighted by Gasteiger charge is 2.71. The minimum Gasteiger partial charge on any atom is -0.462 e. The highest BCUT2D eigenvalue weighted by Crippen LogP contribution is 2.77. The predicted molar refractivity (Wildman–Crippen MR) is 229 cm³/mol. The van der Waals surface area contributed by atoms with Crippen LogP contribution in [0.3, 0.4) is 0 Å². The Morgan fingerprint density at radius 2 is 1.30 bits per heavy atom. The third-order valence-corrected chi connectivity index (χ3v) is 17.7. The lowest BCUT2D eigenvalue weighted by atomic mass is 9.32. The molecule has 300 valence electrons. The second kappa shape index (κ2) is 14.6. The molecular formula is C53H70O3. The Labute approximate surface area is 339 Å². The number of benzene rings is 3. The van der Waals surface area contributed by atoms with Gasteiger partial charge in [0.1, 0.15) is 11.7 Å². The molecule has 5 fully saturated rings. The average Bonchev–Trinajstić information content (AvgIpc) is 3.56. The normalized spacial score (nSPS) is 37.3. The third-order valence-electron chi connectivity index (χ3n) is 17.7. The van der Waals surface area contributed by atoms with Crippen LogP contribution >= 0.6 is 0 Å². The van der Waals surface area contributed by atoms with Gasteiger partial charge < -0.3 is 9.47 Å². The van der Waals surface area contributed by atoms with Crippen molar-refractivity contribution in [3.05, 3.63) is 120 Å². The summed E-state index contributed by atoms with van der Waals surface area (Å²) in [5.74, 6) is 2.97. The molecule has 3 heteroatoms. The largest absolute Gasteiger partial charge is 0.462 e. The Hall–Kier alpha value is -3.17. The van der Waals surface area contributed by atoms with E-state index in [-0.39, 0.29) is 39.1 Å². The number of carbonyl (C=O) groups is 1. The number of allylic oxidation sites excluding steroid dienone is 1. The van der Waals surface area contributed by atoms with Crippen LogP contribution in [0.1, 0.15) is 142 Å². The van der Waals surface area contributed by atoms with Gasteiger partial charge in [-0.15, -0.1) is 0 Å². The lowest BCUT2D eigenvalue weighted by Crippen LogP contribution is -2.66. The Bertz CT molecular complexity index is 1770. The molecule has 0 spiro atoms. The van der Waals surface area contributed by atoms with Crippen LogP contribution in [0.2, 0.25) is 0 Å². The van der Waals surface area contributed by atoms with Crippen LogP contribution in [-0.2, 0) is 19.9 Å². The zero-order chi connectivity index (χ0) is 39.6. The van der Waals surface area contributed by atoms with Crippen molar-refractivity contribution in [1.29, 1.82) is 0 Å². The van der Waals surface area contributed by atoms with Gasteiger partial charge in [0.05, 0.1) is 6.61 Å². The van der Waals surface area contributed by atoms with Crippen LogP contribution in [0.4, 0.5) is 0 Å². The first-order valence-corrected chi connectivity index (χ1v) is 22.4. The topological polar surface area (TPSA) is 35.5 Å². The maximum absolute atomic E-state index is 12.9. The zero-order valence-corrected chi connectivity index (χ0v) is 35.7. The van der Waals surface area contributed by atoms with Gasteiger partial charge in [0.25, 0.3) is 0 Å². The average molecular weight is 755 g/mol. The molecule has 3 aromatic carbocycles. The predicted octanol–water partition coefficient (Wildman–Crippen LogP) is 13.4. The summed E-state index contributed by atoms with van der Waals surface area (Å²) < 4.78 is 14.1. The molecule has 5 saturated carbocycles. The fraction of sp³-hybridized carbons (Fsp3) is 0.604. The van der Waals surface area contributed by atoms with Crippen molar-refractivity contribution in [3.8, 4) is 0 Å². The molecule has 3 aromatic rings. The summed E-state index contributed by atoms with van der Waals surface area (Å²) in [7, 11) is 0. The summed E-state index contributed by atoms with van der Waals surface area (Å²) in [6.45, 7) is 22.9. The van der Waals surface area contributed by atoms with Gasteiger partial charge in [-0.2, -0.15) is 0 Å². The standard InChI is InChI=1S/C53H70O3/c1-9-19-46(54)56-41-34-48(4,5)44-29-30-51(8)45(49(44,6)35-41)27-26-43-47-42(37(2)3)28-31-52(47,33-32-50(43,51)7)36-55-53(38-20-13-10-14-21-38,39-22-15-11-16-23-39)40-24-17-12-18-25-40/h10-18,20-25,41-45,47H,2,9,19,26-36H2,1,3-8H3/t41-,42+,43?,44?,45?,47?,49+,50-,51-,52-/m1/s1. The second-order valence-corrected chi connectivity index (χ2v) is 20.9. The molecule has 5 aliphatic rings. The Kier molecular flexibility index (Phi) is 10.3. The van der Waals surface area contributed by atoms with E-state index in [1.54, 1.807) is 0 Å². The molecule has 8 rings (SSSR count). The van der Waals surface area contributed by atoms with Crippen molar-refractivity contribution in [2.24, 2.45) is 56.7 Å². The smallest absolute Gasteiger partial charge is 0.306 e. The van der Waals surface area contributed by atoms with Gasteiger partial charge in [-0.25, -0.2) is 0 Å². The molecule has 4 unspecified atom stereocenters. The van der Waals surface area contributed by atoms with Crippen LogP contribution in [0, 0.1) is 56.7 Å². The number of carbonyl (C=O) groups excluding carboxylic acids is 1. The highest BCUT2D eigenvalue weighted by molar-refractivity contribution is 5.69. The van der Waals surface area contributed by atoms with Gasteiger partial charge in [0.2, 0.25) is 0 Å². The van der Waals surface area contributed by atoms with Gasteiger partial charge in [0, 0.05) is 6.42 Å². The van der Waals surface area contributed by atoms with E-state index in [2.05, 4.69) is 139 Å².